The highest BCUT2D eigenvalue weighted by Crippen LogP contribution is 2.14. The van der Waals surface area contributed by atoms with E-state index in [1.165, 1.54) is 12.4 Å². The van der Waals surface area contributed by atoms with Crippen LogP contribution in [0.4, 0.5) is 5.82 Å². The zero-order valence-electron chi connectivity index (χ0n) is 8.88. The highest BCUT2D eigenvalue weighted by atomic mass is 35.5. The minimum absolute atomic E-state index is 0.178. The highest BCUT2D eigenvalue weighted by molar-refractivity contribution is 6.32. The van der Waals surface area contributed by atoms with Crippen molar-refractivity contribution < 1.29 is 4.79 Å². The number of nitrogens with one attached hydrogen (secondary N) is 1. The Morgan fingerprint density at radius 3 is 2.88 bits per heavy atom. The van der Waals surface area contributed by atoms with Gasteiger partial charge in [-0.2, -0.15) is 5.10 Å². The number of aryl methyl sites for hydroxylation is 1. The molecular weight excluding hydrogens is 242 g/mol. The SMILES string of the molecule is O=C(CCn1cccn1)Nc1nccnc1Cl. The fourth-order valence-electron chi connectivity index (χ4n) is 1.25. The molecule has 0 saturated heterocycles. The third kappa shape index (κ3) is 3.25. The van der Waals surface area contributed by atoms with Crippen LogP contribution in [0.1, 0.15) is 6.42 Å². The van der Waals surface area contributed by atoms with Gasteiger partial charge in [0, 0.05) is 37.8 Å². The Bertz CT molecular complexity index is 499. The molecular formula is C10H10ClN5O. The Hall–Kier alpha value is -1.95. The fourth-order valence-corrected chi connectivity index (χ4v) is 1.40. The first kappa shape index (κ1) is 11.5. The van der Waals surface area contributed by atoms with Crippen molar-refractivity contribution in [2.24, 2.45) is 0 Å². The van der Waals surface area contributed by atoms with E-state index >= 15 is 0 Å². The smallest absolute Gasteiger partial charge is 0.227 e. The number of carbonyl (C=O) groups is 1. The number of hydrogen-bond donors (Lipinski definition) is 1. The fraction of sp³-hybridized carbons (Fsp3) is 0.200. The number of nitrogens with zero attached hydrogens (tertiary/aromatic N) is 4. The van der Waals surface area contributed by atoms with Crippen molar-refractivity contribution >= 4 is 23.3 Å². The topological polar surface area (TPSA) is 72.7 Å². The predicted molar refractivity (Wildman–Crippen MR) is 62.5 cm³/mol. The third-order valence-corrected chi connectivity index (χ3v) is 2.32. The summed E-state index contributed by atoms with van der Waals surface area (Å²) in [6.07, 6.45) is 6.69. The molecule has 0 unspecified atom stereocenters. The summed E-state index contributed by atoms with van der Waals surface area (Å²) in [7, 11) is 0. The van der Waals surface area contributed by atoms with E-state index in [4.69, 9.17) is 11.6 Å². The molecule has 2 aromatic rings. The molecule has 6 nitrogen and oxygen atoms in total. The Morgan fingerprint density at radius 2 is 2.18 bits per heavy atom. The van der Waals surface area contributed by atoms with Crippen LogP contribution in [0.15, 0.2) is 30.9 Å². The first-order valence-electron chi connectivity index (χ1n) is 4.99. The molecule has 2 rings (SSSR count). The van der Waals surface area contributed by atoms with E-state index in [1.54, 1.807) is 23.1 Å². The van der Waals surface area contributed by atoms with E-state index in [0.29, 0.717) is 13.0 Å². The Kier molecular flexibility index (Phi) is 3.66. The molecule has 0 aliphatic heterocycles. The number of aromatic nitrogens is 4. The number of rotatable bonds is 4. The molecule has 2 heterocycles. The van der Waals surface area contributed by atoms with Crippen LogP contribution < -0.4 is 5.32 Å². The molecule has 2 aromatic heterocycles. The van der Waals surface area contributed by atoms with Gasteiger partial charge in [-0.1, -0.05) is 11.6 Å². The second-order valence-corrected chi connectivity index (χ2v) is 3.62. The lowest BCUT2D eigenvalue weighted by molar-refractivity contribution is -0.116. The lowest BCUT2D eigenvalue weighted by Gasteiger charge is -2.05. The number of halogens is 1. The highest BCUT2D eigenvalue weighted by Gasteiger charge is 2.07. The molecule has 0 aliphatic rings. The normalized spacial score (nSPS) is 10.2. The molecule has 88 valence electrons. The molecule has 0 saturated carbocycles. The lowest BCUT2D eigenvalue weighted by atomic mass is 10.4. The van der Waals surface area contributed by atoms with Crippen LogP contribution in [0.5, 0.6) is 0 Å². The van der Waals surface area contributed by atoms with E-state index in [-0.39, 0.29) is 16.9 Å². The monoisotopic (exact) mass is 251 g/mol. The number of hydrogen-bond acceptors (Lipinski definition) is 4. The van der Waals surface area contributed by atoms with Gasteiger partial charge in [0.05, 0.1) is 0 Å². The van der Waals surface area contributed by atoms with Gasteiger partial charge in [-0.25, -0.2) is 9.97 Å². The van der Waals surface area contributed by atoms with Crippen molar-refractivity contribution in [1.82, 2.24) is 19.7 Å². The molecule has 0 atom stereocenters. The largest absolute Gasteiger partial charge is 0.308 e. The minimum Gasteiger partial charge on any atom is -0.308 e. The van der Waals surface area contributed by atoms with Crippen molar-refractivity contribution in [3.8, 4) is 0 Å². The summed E-state index contributed by atoms with van der Waals surface area (Å²) >= 11 is 5.76. The van der Waals surface area contributed by atoms with Crippen LogP contribution in [0.2, 0.25) is 5.15 Å². The molecule has 7 heteroatoms. The van der Waals surface area contributed by atoms with E-state index in [9.17, 15) is 4.79 Å². The maximum Gasteiger partial charge on any atom is 0.227 e. The zero-order chi connectivity index (χ0) is 12.1. The molecule has 0 radical (unpaired) electrons. The quantitative estimate of drug-likeness (QED) is 0.890. The van der Waals surface area contributed by atoms with Gasteiger partial charge in [0.1, 0.15) is 0 Å². The maximum atomic E-state index is 11.6. The van der Waals surface area contributed by atoms with Crippen molar-refractivity contribution in [1.29, 1.82) is 0 Å². The molecule has 1 N–H and O–H groups in total. The molecule has 0 fully saturated rings. The van der Waals surface area contributed by atoms with E-state index < -0.39 is 0 Å². The van der Waals surface area contributed by atoms with Crippen LogP contribution in [-0.2, 0) is 11.3 Å². The van der Waals surface area contributed by atoms with Crippen LogP contribution in [0, 0.1) is 0 Å². The van der Waals surface area contributed by atoms with Crippen LogP contribution >= 0.6 is 11.6 Å². The molecule has 0 spiro atoms. The predicted octanol–water partition coefficient (Wildman–Crippen LogP) is 1.36. The van der Waals surface area contributed by atoms with E-state index in [2.05, 4.69) is 20.4 Å². The second kappa shape index (κ2) is 5.40. The molecule has 1 amide bonds. The van der Waals surface area contributed by atoms with Crippen LogP contribution in [0.25, 0.3) is 0 Å². The minimum atomic E-state index is -0.178. The summed E-state index contributed by atoms with van der Waals surface area (Å²) in [5.41, 5.74) is 0. The summed E-state index contributed by atoms with van der Waals surface area (Å²) in [5.74, 6) is 0.0996. The summed E-state index contributed by atoms with van der Waals surface area (Å²) in [5, 5.41) is 6.76. The van der Waals surface area contributed by atoms with Gasteiger partial charge in [0.25, 0.3) is 0 Å². The van der Waals surface area contributed by atoms with Gasteiger partial charge < -0.3 is 5.32 Å². The zero-order valence-corrected chi connectivity index (χ0v) is 9.63. The van der Waals surface area contributed by atoms with E-state index in [0.717, 1.165) is 0 Å². The van der Waals surface area contributed by atoms with Crippen LogP contribution in [0.3, 0.4) is 0 Å². The maximum absolute atomic E-state index is 11.6. The third-order valence-electron chi connectivity index (χ3n) is 2.04. The number of amides is 1. The van der Waals surface area contributed by atoms with Gasteiger partial charge in [0.15, 0.2) is 11.0 Å². The van der Waals surface area contributed by atoms with Crippen molar-refractivity contribution in [2.45, 2.75) is 13.0 Å². The Balaban J connectivity index is 1.87. The summed E-state index contributed by atoms with van der Waals surface area (Å²) in [6.45, 7) is 0.511. The van der Waals surface area contributed by atoms with E-state index in [1.807, 2.05) is 0 Å². The number of carbonyl (C=O) groups excluding carboxylic acids is 1. The van der Waals surface area contributed by atoms with Crippen molar-refractivity contribution in [3.05, 3.63) is 36.0 Å². The van der Waals surface area contributed by atoms with Gasteiger partial charge >= 0.3 is 0 Å². The lowest BCUT2D eigenvalue weighted by Crippen LogP contribution is -2.16. The number of anilines is 1. The Labute approximate surface area is 103 Å². The van der Waals surface area contributed by atoms with Gasteiger partial charge in [0.2, 0.25) is 5.91 Å². The standard InChI is InChI=1S/C10H10ClN5O/c11-9-10(13-5-4-12-9)15-8(17)2-7-16-6-1-3-14-16/h1,3-6H,2,7H2,(H,13,15,17). The first-order valence-corrected chi connectivity index (χ1v) is 5.37. The Morgan fingerprint density at radius 1 is 1.35 bits per heavy atom. The van der Waals surface area contributed by atoms with Crippen molar-refractivity contribution in [3.63, 3.8) is 0 Å². The summed E-state index contributed by atoms with van der Waals surface area (Å²) < 4.78 is 1.68. The van der Waals surface area contributed by atoms with Gasteiger partial charge in [-0.05, 0) is 6.07 Å². The van der Waals surface area contributed by atoms with Gasteiger partial charge in [-0.3, -0.25) is 9.48 Å². The van der Waals surface area contributed by atoms with Gasteiger partial charge in [-0.15, -0.1) is 0 Å². The van der Waals surface area contributed by atoms with Crippen LogP contribution in [-0.4, -0.2) is 25.7 Å². The molecule has 0 bridgehead atoms. The summed E-state index contributed by atoms with van der Waals surface area (Å²) in [4.78, 5) is 19.3. The van der Waals surface area contributed by atoms with Crippen molar-refractivity contribution in [2.75, 3.05) is 5.32 Å². The second-order valence-electron chi connectivity index (χ2n) is 3.26. The summed E-state index contributed by atoms with van der Waals surface area (Å²) in [6, 6.07) is 1.80. The molecule has 0 aromatic carbocycles. The first-order chi connectivity index (χ1) is 8.25. The molecule has 0 aliphatic carbocycles. The average molecular weight is 252 g/mol. The molecule has 17 heavy (non-hydrogen) atoms. The average Bonchev–Trinajstić information content (AvgIpc) is 2.82.